The van der Waals surface area contributed by atoms with Gasteiger partial charge in [-0.25, -0.2) is 0 Å². The molecule has 0 atom stereocenters. The van der Waals surface area contributed by atoms with Crippen LogP contribution in [0, 0.1) is 6.92 Å². The van der Waals surface area contributed by atoms with Gasteiger partial charge in [-0.05, 0) is 37.0 Å². The van der Waals surface area contributed by atoms with Crippen LogP contribution in [-0.2, 0) is 17.8 Å². The summed E-state index contributed by atoms with van der Waals surface area (Å²) in [4.78, 5) is 23.9. The summed E-state index contributed by atoms with van der Waals surface area (Å²) in [6, 6.07) is 7.69. The number of amides is 1. The highest BCUT2D eigenvalue weighted by atomic mass is 16.2. The zero-order valence-corrected chi connectivity index (χ0v) is 12.1. The van der Waals surface area contributed by atoms with E-state index in [4.69, 9.17) is 0 Å². The van der Waals surface area contributed by atoms with Gasteiger partial charge >= 0.3 is 0 Å². The molecule has 0 saturated heterocycles. The Morgan fingerprint density at radius 1 is 1.24 bits per heavy atom. The number of hydrogen-bond donors (Lipinski definition) is 1. The predicted octanol–water partition coefficient (Wildman–Crippen LogP) is 2.95. The maximum Gasteiger partial charge on any atom is 0.244 e. The van der Waals surface area contributed by atoms with Crippen molar-refractivity contribution in [2.24, 2.45) is 0 Å². The van der Waals surface area contributed by atoms with Crippen molar-refractivity contribution in [1.82, 2.24) is 4.57 Å². The number of carbonyl (C=O) groups excluding carboxylic acids is 2. The SMILES string of the molecule is Cc1ccccc1NC(=O)Cn1cc2c(c1)C(=O)CCC2. The van der Waals surface area contributed by atoms with Crippen LogP contribution in [-0.4, -0.2) is 16.3 Å². The van der Waals surface area contributed by atoms with Crippen molar-refractivity contribution in [3.8, 4) is 0 Å². The van der Waals surface area contributed by atoms with Crippen LogP contribution in [0.2, 0.25) is 0 Å². The van der Waals surface area contributed by atoms with Crippen LogP contribution >= 0.6 is 0 Å². The number of nitrogens with one attached hydrogen (secondary N) is 1. The number of aromatic nitrogens is 1. The van der Waals surface area contributed by atoms with E-state index in [2.05, 4.69) is 5.32 Å². The molecule has 0 bridgehead atoms. The van der Waals surface area contributed by atoms with Gasteiger partial charge in [-0.15, -0.1) is 0 Å². The zero-order valence-electron chi connectivity index (χ0n) is 12.1. The van der Waals surface area contributed by atoms with Gasteiger partial charge in [-0.1, -0.05) is 18.2 Å². The third-order valence-corrected chi connectivity index (χ3v) is 3.86. The number of nitrogens with zero attached hydrogens (tertiary/aromatic N) is 1. The van der Waals surface area contributed by atoms with Crippen LogP contribution in [0.1, 0.15) is 34.3 Å². The molecule has 1 aromatic heterocycles. The molecule has 1 aromatic carbocycles. The summed E-state index contributed by atoms with van der Waals surface area (Å²) in [5, 5.41) is 2.91. The standard InChI is InChI=1S/C17H18N2O2/c1-12-5-2-3-7-15(12)18-17(21)11-19-9-13-6-4-8-16(20)14(13)10-19/h2-3,5,7,9-10H,4,6,8,11H2,1H3,(H,18,21). The molecule has 1 N–H and O–H groups in total. The minimum atomic E-state index is -0.0795. The number of anilines is 1. The van der Waals surface area contributed by atoms with E-state index in [-0.39, 0.29) is 18.2 Å². The van der Waals surface area contributed by atoms with Crippen molar-refractivity contribution < 1.29 is 9.59 Å². The van der Waals surface area contributed by atoms with Crippen LogP contribution in [0.15, 0.2) is 36.7 Å². The summed E-state index contributed by atoms with van der Waals surface area (Å²) < 4.78 is 1.81. The molecule has 0 aliphatic heterocycles. The first kappa shape index (κ1) is 13.6. The number of carbonyl (C=O) groups is 2. The Balaban J connectivity index is 1.71. The minimum Gasteiger partial charge on any atom is -0.344 e. The van der Waals surface area contributed by atoms with Crippen molar-refractivity contribution in [3.63, 3.8) is 0 Å². The number of fused-ring (bicyclic) bond motifs is 1. The molecule has 21 heavy (non-hydrogen) atoms. The third-order valence-electron chi connectivity index (χ3n) is 3.86. The first-order valence-corrected chi connectivity index (χ1v) is 7.21. The lowest BCUT2D eigenvalue weighted by molar-refractivity contribution is -0.116. The maximum atomic E-state index is 12.1. The minimum absolute atomic E-state index is 0.0795. The molecular formula is C17H18N2O2. The fourth-order valence-electron chi connectivity index (χ4n) is 2.74. The predicted molar refractivity (Wildman–Crippen MR) is 81.5 cm³/mol. The lowest BCUT2D eigenvalue weighted by Crippen LogP contribution is -2.18. The molecule has 108 valence electrons. The average Bonchev–Trinajstić information content (AvgIpc) is 2.85. The van der Waals surface area contributed by atoms with Crippen LogP contribution in [0.3, 0.4) is 0 Å². The Bertz CT molecular complexity index is 701. The van der Waals surface area contributed by atoms with Gasteiger partial charge in [0.1, 0.15) is 6.54 Å². The highest BCUT2D eigenvalue weighted by Crippen LogP contribution is 2.22. The monoisotopic (exact) mass is 282 g/mol. The van der Waals surface area contributed by atoms with Crippen molar-refractivity contribution in [2.45, 2.75) is 32.7 Å². The normalized spacial score (nSPS) is 13.9. The van der Waals surface area contributed by atoms with Crippen LogP contribution in [0.5, 0.6) is 0 Å². The first-order chi connectivity index (χ1) is 10.1. The van der Waals surface area contributed by atoms with Crippen molar-refractivity contribution in [1.29, 1.82) is 0 Å². The van der Waals surface area contributed by atoms with E-state index in [9.17, 15) is 9.59 Å². The van der Waals surface area contributed by atoms with Gasteiger partial charge in [0.25, 0.3) is 0 Å². The van der Waals surface area contributed by atoms with Gasteiger partial charge in [0, 0.05) is 30.1 Å². The lowest BCUT2D eigenvalue weighted by Gasteiger charge is -2.08. The molecule has 4 nitrogen and oxygen atoms in total. The Kier molecular flexibility index (Phi) is 3.60. The second-order valence-electron chi connectivity index (χ2n) is 5.51. The average molecular weight is 282 g/mol. The summed E-state index contributed by atoms with van der Waals surface area (Å²) in [5.41, 5.74) is 3.71. The van der Waals surface area contributed by atoms with Crippen LogP contribution < -0.4 is 5.32 Å². The van der Waals surface area contributed by atoms with E-state index in [0.29, 0.717) is 6.42 Å². The summed E-state index contributed by atoms with van der Waals surface area (Å²) in [5.74, 6) is 0.110. The lowest BCUT2D eigenvalue weighted by atomic mass is 9.95. The number of benzene rings is 1. The molecule has 0 unspecified atom stereocenters. The molecule has 2 aromatic rings. The fraction of sp³-hybridized carbons (Fsp3) is 0.294. The molecule has 0 spiro atoms. The molecule has 3 rings (SSSR count). The van der Waals surface area contributed by atoms with E-state index >= 15 is 0 Å². The number of aryl methyl sites for hydroxylation is 2. The van der Waals surface area contributed by atoms with Gasteiger partial charge in [0.15, 0.2) is 5.78 Å². The Morgan fingerprint density at radius 2 is 2.05 bits per heavy atom. The zero-order chi connectivity index (χ0) is 14.8. The maximum absolute atomic E-state index is 12.1. The van der Waals surface area contributed by atoms with Crippen molar-refractivity contribution in [2.75, 3.05) is 5.32 Å². The number of rotatable bonds is 3. The molecule has 0 saturated carbocycles. The summed E-state index contributed by atoms with van der Waals surface area (Å²) in [7, 11) is 0. The summed E-state index contributed by atoms with van der Waals surface area (Å²) in [6.07, 6.45) is 6.17. The topological polar surface area (TPSA) is 51.1 Å². The van der Waals surface area contributed by atoms with Crippen molar-refractivity contribution in [3.05, 3.63) is 53.3 Å². The van der Waals surface area contributed by atoms with E-state index in [0.717, 1.165) is 35.2 Å². The molecule has 1 amide bonds. The van der Waals surface area contributed by atoms with Crippen LogP contribution in [0.25, 0.3) is 0 Å². The van der Waals surface area contributed by atoms with Crippen LogP contribution in [0.4, 0.5) is 5.69 Å². The van der Waals surface area contributed by atoms with Gasteiger partial charge in [-0.2, -0.15) is 0 Å². The van der Waals surface area contributed by atoms with Gasteiger partial charge in [-0.3, -0.25) is 9.59 Å². The molecule has 0 fully saturated rings. The molecule has 4 heteroatoms. The Hall–Kier alpha value is -2.36. The molecule has 1 aliphatic rings. The van der Waals surface area contributed by atoms with E-state index in [1.807, 2.05) is 42.0 Å². The molecular weight excluding hydrogens is 264 g/mol. The second kappa shape index (κ2) is 5.56. The smallest absolute Gasteiger partial charge is 0.244 e. The highest BCUT2D eigenvalue weighted by molar-refractivity contribution is 5.98. The van der Waals surface area contributed by atoms with E-state index < -0.39 is 0 Å². The second-order valence-corrected chi connectivity index (χ2v) is 5.51. The fourth-order valence-corrected chi connectivity index (χ4v) is 2.74. The summed E-state index contributed by atoms with van der Waals surface area (Å²) in [6.45, 7) is 2.19. The Labute approximate surface area is 123 Å². The molecule has 1 heterocycles. The summed E-state index contributed by atoms with van der Waals surface area (Å²) >= 11 is 0. The molecule has 0 radical (unpaired) electrons. The third kappa shape index (κ3) is 2.89. The number of hydrogen-bond acceptors (Lipinski definition) is 2. The first-order valence-electron chi connectivity index (χ1n) is 7.21. The van der Waals surface area contributed by atoms with E-state index in [1.54, 1.807) is 6.20 Å². The highest BCUT2D eigenvalue weighted by Gasteiger charge is 2.19. The van der Waals surface area contributed by atoms with Gasteiger partial charge < -0.3 is 9.88 Å². The van der Waals surface area contributed by atoms with Gasteiger partial charge in [0.05, 0.1) is 0 Å². The number of ketones is 1. The van der Waals surface area contributed by atoms with Crippen molar-refractivity contribution >= 4 is 17.4 Å². The quantitative estimate of drug-likeness (QED) is 0.941. The van der Waals surface area contributed by atoms with E-state index in [1.165, 1.54) is 0 Å². The Morgan fingerprint density at radius 3 is 2.81 bits per heavy atom. The molecule has 1 aliphatic carbocycles. The number of Topliss-reactive ketones (excluding diaryl/α,β-unsaturated/α-hetero) is 1. The number of para-hydroxylation sites is 1. The largest absolute Gasteiger partial charge is 0.344 e. The van der Waals surface area contributed by atoms with Gasteiger partial charge in [0.2, 0.25) is 5.91 Å².